The van der Waals surface area contributed by atoms with Crippen LogP contribution in [0.15, 0.2) is 0 Å². The van der Waals surface area contributed by atoms with Crippen LogP contribution >= 0.6 is 0 Å². The summed E-state index contributed by atoms with van der Waals surface area (Å²) in [5, 5.41) is 9.81. The van der Waals surface area contributed by atoms with Gasteiger partial charge in [-0.15, -0.1) is 0 Å². The summed E-state index contributed by atoms with van der Waals surface area (Å²) in [7, 11) is 2.67. The zero-order valence-corrected chi connectivity index (χ0v) is 10.1. The van der Waals surface area contributed by atoms with Gasteiger partial charge in [0.2, 0.25) is 0 Å². The number of aliphatic hydroxyl groups is 1. The topological polar surface area (TPSA) is 87.2 Å². The van der Waals surface area contributed by atoms with E-state index in [1.807, 2.05) is 0 Å². The van der Waals surface area contributed by atoms with E-state index in [-0.39, 0.29) is 13.1 Å². The van der Waals surface area contributed by atoms with Crippen molar-refractivity contribution in [2.75, 3.05) is 33.8 Å². The minimum absolute atomic E-state index is 0.252. The fraction of sp³-hybridized carbons (Fsp3) is 0.700. The lowest BCUT2D eigenvalue weighted by atomic mass is 10.1. The fourth-order valence-corrected chi connectivity index (χ4v) is 1.58. The zero-order chi connectivity index (χ0) is 13.2. The number of esters is 1. The highest BCUT2D eigenvalue weighted by Gasteiger charge is 2.39. The maximum Gasteiger partial charge on any atom is 0.339 e. The molecule has 2 amide bonds. The molecule has 0 spiro atoms. The van der Waals surface area contributed by atoms with Crippen molar-refractivity contribution >= 4 is 17.8 Å². The number of carbonyl (C=O) groups excluding carboxylic acids is 3. The van der Waals surface area contributed by atoms with Crippen LogP contribution in [0.3, 0.4) is 0 Å². The van der Waals surface area contributed by atoms with Gasteiger partial charge < -0.3 is 19.6 Å². The second-order valence-corrected chi connectivity index (χ2v) is 4.22. The minimum atomic E-state index is -1.80. The normalized spacial score (nSPS) is 20.2. The van der Waals surface area contributed by atoms with Gasteiger partial charge in [-0.1, -0.05) is 0 Å². The summed E-state index contributed by atoms with van der Waals surface area (Å²) in [5.74, 6) is -2.20. The van der Waals surface area contributed by atoms with Gasteiger partial charge in [0, 0.05) is 20.1 Å². The summed E-state index contributed by atoms with van der Waals surface area (Å²) in [6.07, 6.45) is 0. The Morgan fingerprint density at radius 1 is 1.41 bits per heavy atom. The van der Waals surface area contributed by atoms with E-state index in [1.165, 1.54) is 18.9 Å². The fourth-order valence-electron chi connectivity index (χ4n) is 1.58. The van der Waals surface area contributed by atoms with Crippen molar-refractivity contribution in [1.29, 1.82) is 0 Å². The molecule has 96 valence electrons. The number of amides is 2. The molecule has 7 nitrogen and oxygen atoms in total. The van der Waals surface area contributed by atoms with E-state index in [9.17, 15) is 19.5 Å². The molecule has 0 aromatic rings. The van der Waals surface area contributed by atoms with Crippen molar-refractivity contribution in [3.63, 3.8) is 0 Å². The van der Waals surface area contributed by atoms with Crippen LogP contribution in [-0.4, -0.2) is 72.1 Å². The van der Waals surface area contributed by atoms with Crippen molar-refractivity contribution in [2.24, 2.45) is 0 Å². The first-order chi connectivity index (χ1) is 7.79. The Balaban J connectivity index is 2.73. The minimum Gasteiger partial charge on any atom is -0.467 e. The second-order valence-electron chi connectivity index (χ2n) is 4.22. The molecule has 1 fully saturated rings. The summed E-state index contributed by atoms with van der Waals surface area (Å²) in [6, 6.07) is 0. The number of likely N-dealkylation sites (N-methyl/N-ethyl adjacent to an activating group) is 1. The van der Waals surface area contributed by atoms with Crippen LogP contribution in [0.25, 0.3) is 0 Å². The predicted molar refractivity (Wildman–Crippen MR) is 56.9 cm³/mol. The third-order valence-corrected chi connectivity index (χ3v) is 2.65. The van der Waals surface area contributed by atoms with Gasteiger partial charge in [0.05, 0.1) is 13.7 Å². The Hall–Kier alpha value is -1.63. The first-order valence-corrected chi connectivity index (χ1v) is 5.15. The van der Waals surface area contributed by atoms with Crippen molar-refractivity contribution in [3.8, 4) is 0 Å². The standard InChI is InChI=1S/C10H16N2O5/c1-10(16,9(15)17-3)6-12-5-4-11(2)7(13)8(12)14/h16H,4-6H2,1-3H3. The van der Waals surface area contributed by atoms with Gasteiger partial charge in [-0.3, -0.25) is 9.59 Å². The van der Waals surface area contributed by atoms with E-state index in [2.05, 4.69) is 4.74 Å². The highest BCUT2D eigenvalue weighted by Crippen LogP contribution is 2.12. The lowest BCUT2D eigenvalue weighted by Gasteiger charge is -2.34. The molecule has 1 rings (SSSR count). The molecular formula is C10H16N2O5. The molecule has 0 aromatic carbocycles. The molecule has 1 heterocycles. The molecule has 17 heavy (non-hydrogen) atoms. The van der Waals surface area contributed by atoms with Gasteiger partial charge in [-0.05, 0) is 6.92 Å². The molecule has 1 N–H and O–H groups in total. The number of rotatable bonds is 3. The molecule has 1 atom stereocenters. The Kier molecular flexibility index (Phi) is 3.72. The summed E-state index contributed by atoms with van der Waals surface area (Å²) < 4.78 is 4.42. The maximum atomic E-state index is 11.6. The Morgan fingerprint density at radius 2 is 2.00 bits per heavy atom. The monoisotopic (exact) mass is 244 g/mol. The number of β-amino-alcohol motifs (C(OH)–C–C–N with tert-alkyl or cyclic N) is 1. The maximum absolute atomic E-state index is 11.6. The van der Waals surface area contributed by atoms with E-state index >= 15 is 0 Å². The highest BCUT2D eigenvalue weighted by molar-refractivity contribution is 6.35. The number of nitrogens with zero attached hydrogens (tertiary/aromatic N) is 2. The van der Waals surface area contributed by atoms with E-state index in [0.29, 0.717) is 6.54 Å². The highest BCUT2D eigenvalue weighted by atomic mass is 16.5. The van der Waals surface area contributed by atoms with Crippen LogP contribution in [0.1, 0.15) is 6.92 Å². The van der Waals surface area contributed by atoms with Crippen molar-refractivity contribution < 1.29 is 24.2 Å². The molecule has 1 aliphatic rings. The third-order valence-electron chi connectivity index (χ3n) is 2.65. The van der Waals surface area contributed by atoms with Crippen molar-refractivity contribution in [3.05, 3.63) is 0 Å². The van der Waals surface area contributed by atoms with Crippen LogP contribution in [0.4, 0.5) is 0 Å². The SMILES string of the molecule is COC(=O)C(C)(O)CN1CCN(C)C(=O)C1=O. The largest absolute Gasteiger partial charge is 0.467 e. The average Bonchev–Trinajstić information content (AvgIpc) is 2.28. The van der Waals surface area contributed by atoms with Gasteiger partial charge in [0.15, 0.2) is 5.60 Å². The van der Waals surface area contributed by atoms with E-state index in [0.717, 1.165) is 12.0 Å². The summed E-state index contributed by atoms with van der Waals surface area (Å²) in [6.45, 7) is 1.66. The van der Waals surface area contributed by atoms with Crippen LogP contribution < -0.4 is 0 Å². The number of piperazine rings is 1. The molecule has 0 aromatic heterocycles. The van der Waals surface area contributed by atoms with Crippen LogP contribution in [0.2, 0.25) is 0 Å². The molecule has 0 bridgehead atoms. The van der Waals surface area contributed by atoms with Gasteiger partial charge in [-0.25, -0.2) is 4.79 Å². The quantitative estimate of drug-likeness (QED) is 0.468. The van der Waals surface area contributed by atoms with Crippen LogP contribution in [0, 0.1) is 0 Å². The molecule has 0 aliphatic carbocycles. The number of hydrogen-bond acceptors (Lipinski definition) is 5. The smallest absolute Gasteiger partial charge is 0.339 e. The van der Waals surface area contributed by atoms with Gasteiger partial charge in [0.25, 0.3) is 0 Å². The number of methoxy groups -OCH3 is 1. The summed E-state index contributed by atoms with van der Waals surface area (Å²) in [5.41, 5.74) is -1.80. The van der Waals surface area contributed by atoms with Crippen molar-refractivity contribution in [2.45, 2.75) is 12.5 Å². The number of carbonyl (C=O) groups is 3. The molecule has 1 saturated heterocycles. The zero-order valence-electron chi connectivity index (χ0n) is 10.1. The van der Waals surface area contributed by atoms with Gasteiger partial charge >= 0.3 is 17.8 Å². The Morgan fingerprint density at radius 3 is 2.53 bits per heavy atom. The summed E-state index contributed by atoms with van der Waals surface area (Å²) in [4.78, 5) is 36.7. The van der Waals surface area contributed by atoms with E-state index < -0.39 is 23.4 Å². The molecule has 7 heteroatoms. The molecule has 0 saturated carbocycles. The van der Waals surface area contributed by atoms with Crippen LogP contribution in [-0.2, 0) is 19.1 Å². The lowest BCUT2D eigenvalue weighted by molar-refractivity contribution is -0.167. The van der Waals surface area contributed by atoms with E-state index in [4.69, 9.17) is 0 Å². The van der Waals surface area contributed by atoms with E-state index in [1.54, 1.807) is 0 Å². The average molecular weight is 244 g/mol. The first kappa shape index (κ1) is 13.4. The number of hydrogen-bond donors (Lipinski definition) is 1. The van der Waals surface area contributed by atoms with Crippen molar-refractivity contribution in [1.82, 2.24) is 9.80 Å². The van der Waals surface area contributed by atoms with Gasteiger partial charge in [0.1, 0.15) is 0 Å². The Labute approximate surface area is 98.9 Å². The molecule has 1 unspecified atom stereocenters. The lowest BCUT2D eigenvalue weighted by Crippen LogP contribution is -2.58. The Bertz CT molecular complexity index is 353. The van der Waals surface area contributed by atoms with Crippen LogP contribution in [0.5, 0.6) is 0 Å². The third kappa shape index (κ3) is 2.73. The first-order valence-electron chi connectivity index (χ1n) is 5.15. The van der Waals surface area contributed by atoms with Gasteiger partial charge in [-0.2, -0.15) is 0 Å². The second kappa shape index (κ2) is 4.70. The predicted octanol–water partition coefficient (Wildman–Crippen LogP) is -1.79. The number of ether oxygens (including phenoxy) is 1. The molecular weight excluding hydrogens is 228 g/mol. The molecule has 0 radical (unpaired) electrons. The molecule has 1 aliphatic heterocycles. The summed E-state index contributed by atoms with van der Waals surface area (Å²) >= 11 is 0.